The number of morpholine rings is 1. The molecule has 0 spiro atoms. The summed E-state index contributed by atoms with van der Waals surface area (Å²) in [5.74, 6) is -0.274. The minimum Gasteiger partial charge on any atom is -0.375 e. The van der Waals surface area contributed by atoms with Crippen molar-refractivity contribution in [2.75, 3.05) is 26.7 Å². The van der Waals surface area contributed by atoms with E-state index < -0.39 is 0 Å². The van der Waals surface area contributed by atoms with Gasteiger partial charge in [-0.1, -0.05) is 0 Å². The zero-order valence-corrected chi connectivity index (χ0v) is 12.4. The van der Waals surface area contributed by atoms with Gasteiger partial charge < -0.3 is 20.3 Å². The summed E-state index contributed by atoms with van der Waals surface area (Å²) < 4.78 is 5.44. The summed E-state index contributed by atoms with van der Waals surface area (Å²) in [6, 6.07) is -0.374. The van der Waals surface area contributed by atoms with Crippen LogP contribution in [0, 0.1) is 0 Å². The van der Waals surface area contributed by atoms with Crippen LogP contribution in [0.3, 0.4) is 0 Å². The van der Waals surface area contributed by atoms with Crippen LogP contribution in [-0.4, -0.2) is 61.1 Å². The third kappa shape index (κ3) is 5.16. The molecule has 1 saturated heterocycles. The Morgan fingerprint density at radius 1 is 1.42 bits per heavy atom. The Morgan fingerprint density at radius 2 is 2.05 bits per heavy atom. The summed E-state index contributed by atoms with van der Waals surface area (Å²) in [7, 11) is 1.63. The van der Waals surface area contributed by atoms with Gasteiger partial charge in [0.15, 0.2) is 0 Å². The van der Waals surface area contributed by atoms with E-state index in [-0.39, 0.29) is 36.0 Å². The van der Waals surface area contributed by atoms with E-state index in [0.717, 1.165) is 0 Å². The second-order valence-electron chi connectivity index (χ2n) is 6.00. The van der Waals surface area contributed by atoms with Crippen molar-refractivity contribution in [1.82, 2.24) is 15.5 Å². The van der Waals surface area contributed by atoms with E-state index in [0.29, 0.717) is 13.2 Å². The zero-order valence-electron chi connectivity index (χ0n) is 12.4. The number of nitrogens with zero attached hydrogens (tertiary/aromatic N) is 1. The van der Waals surface area contributed by atoms with Crippen molar-refractivity contribution >= 4 is 11.8 Å². The molecule has 0 aromatic heterocycles. The smallest absolute Gasteiger partial charge is 0.242 e. The standard InChI is InChI=1S/C13H25N3O3/c1-9-11(14-6-7-19-9)12(18)16(5)8-10(17)15-13(2,3)4/h9,11,14H,6-8H2,1-5H3,(H,15,17)/t9-,11+/m1/s1. The first-order valence-corrected chi connectivity index (χ1v) is 6.61. The Balaban J connectivity index is 2.50. The van der Waals surface area contributed by atoms with E-state index >= 15 is 0 Å². The van der Waals surface area contributed by atoms with Crippen molar-refractivity contribution in [2.45, 2.75) is 45.4 Å². The monoisotopic (exact) mass is 271 g/mol. The molecule has 0 unspecified atom stereocenters. The SMILES string of the molecule is C[C@H]1OCCN[C@@H]1C(=O)N(C)CC(=O)NC(C)(C)C. The molecular weight excluding hydrogens is 246 g/mol. The van der Waals surface area contributed by atoms with Crippen molar-refractivity contribution in [1.29, 1.82) is 0 Å². The Hall–Kier alpha value is -1.14. The molecule has 2 atom stereocenters. The molecule has 0 aliphatic carbocycles. The fourth-order valence-electron chi connectivity index (χ4n) is 2.00. The second-order valence-corrected chi connectivity index (χ2v) is 6.00. The number of hydrogen-bond acceptors (Lipinski definition) is 4. The van der Waals surface area contributed by atoms with Gasteiger partial charge in [-0.3, -0.25) is 9.59 Å². The first kappa shape index (κ1) is 15.9. The summed E-state index contributed by atoms with van der Waals surface area (Å²) in [5.41, 5.74) is -0.291. The maximum absolute atomic E-state index is 12.2. The van der Waals surface area contributed by atoms with E-state index in [9.17, 15) is 9.59 Å². The number of amides is 2. The van der Waals surface area contributed by atoms with Crippen molar-refractivity contribution in [3.05, 3.63) is 0 Å². The van der Waals surface area contributed by atoms with E-state index in [2.05, 4.69) is 10.6 Å². The number of ether oxygens (including phenoxy) is 1. The molecule has 0 aromatic rings. The van der Waals surface area contributed by atoms with E-state index in [1.54, 1.807) is 7.05 Å². The predicted molar refractivity (Wildman–Crippen MR) is 72.7 cm³/mol. The van der Waals surface area contributed by atoms with Crippen LogP contribution in [0.4, 0.5) is 0 Å². The Kier molecular flexibility index (Phi) is 5.31. The molecular formula is C13H25N3O3. The lowest BCUT2D eigenvalue weighted by Crippen LogP contribution is -2.57. The molecule has 6 heteroatoms. The molecule has 2 amide bonds. The molecule has 2 N–H and O–H groups in total. The Labute approximate surface area is 114 Å². The molecule has 0 radical (unpaired) electrons. The lowest BCUT2D eigenvalue weighted by molar-refractivity contribution is -0.141. The summed E-state index contributed by atoms with van der Waals surface area (Å²) in [6.45, 7) is 8.91. The summed E-state index contributed by atoms with van der Waals surface area (Å²) in [6.07, 6.45) is -0.172. The Bertz CT molecular complexity index is 339. The van der Waals surface area contributed by atoms with Gasteiger partial charge in [-0.15, -0.1) is 0 Å². The average molecular weight is 271 g/mol. The highest BCUT2D eigenvalue weighted by Crippen LogP contribution is 2.07. The molecule has 1 fully saturated rings. The van der Waals surface area contributed by atoms with Crippen LogP contribution in [0.25, 0.3) is 0 Å². The molecule has 6 nitrogen and oxygen atoms in total. The molecule has 1 aliphatic rings. The van der Waals surface area contributed by atoms with Crippen molar-refractivity contribution in [2.24, 2.45) is 0 Å². The van der Waals surface area contributed by atoms with Gasteiger partial charge in [-0.05, 0) is 27.7 Å². The van der Waals surface area contributed by atoms with E-state index in [1.807, 2.05) is 27.7 Å². The van der Waals surface area contributed by atoms with Gasteiger partial charge >= 0.3 is 0 Å². The van der Waals surface area contributed by atoms with Crippen LogP contribution < -0.4 is 10.6 Å². The average Bonchev–Trinajstić information content (AvgIpc) is 2.26. The van der Waals surface area contributed by atoms with E-state index in [4.69, 9.17) is 4.74 Å². The molecule has 0 aromatic carbocycles. The fourth-order valence-corrected chi connectivity index (χ4v) is 2.00. The van der Waals surface area contributed by atoms with Gasteiger partial charge in [-0.25, -0.2) is 0 Å². The van der Waals surface area contributed by atoms with Crippen LogP contribution in [0.1, 0.15) is 27.7 Å². The van der Waals surface area contributed by atoms with Crippen LogP contribution in [-0.2, 0) is 14.3 Å². The number of nitrogens with one attached hydrogen (secondary N) is 2. The predicted octanol–water partition coefficient (Wildman–Crippen LogP) is -0.264. The lowest BCUT2D eigenvalue weighted by Gasteiger charge is -2.32. The largest absolute Gasteiger partial charge is 0.375 e. The molecule has 110 valence electrons. The minimum absolute atomic E-state index is 0.0566. The van der Waals surface area contributed by atoms with Crippen molar-refractivity contribution < 1.29 is 14.3 Å². The zero-order chi connectivity index (χ0) is 14.6. The molecule has 1 heterocycles. The van der Waals surface area contributed by atoms with Crippen LogP contribution in [0.15, 0.2) is 0 Å². The number of rotatable bonds is 3. The maximum Gasteiger partial charge on any atom is 0.242 e. The van der Waals surface area contributed by atoms with Gasteiger partial charge in [0.05, 0.1) is 19.3 Å². The number of carbonyl (C=O) groups excluding carboxylic acids is 2. The third-order valence-corrected chi connectivity index (χ3v) is 2.85. The highest BCUT2D eigenvalue weighted by molar-refractivity contribution is 5.88. The second kappa shape index (κ2) is 6.34. The highest BCUT2D eigenvalue weighted by atomic mass is 16.5. The van der Waals surface area contributed by atoms with Crippen LogP contribution in [0.2, 0.25) is 0 Å². The molecule has 0 saturated carbocycles. The van der Waals surface area contributed by atoms with Gasteiger partial charge in [0.25, 0.3) is 0 Å². The summed E-state index contributed by atoms with van der Waals surface area (Å²) in [4.78, 5) is 25.4. The normalized spacial score (nSPS) is 23.8. The topological polar surface area (TPSA) is 70.7 Å². The fraction of sp³-hybridized carbons (Fsp3) is 0.846. The molecule has 1 aliphatic heterocycles. The summed E-state index contributed by atoms with van der Waals surface area (Å²) in [5, 5.41) is 5.96. The Morgan fingerprint density at radius 3 is 2.58 bits per heavy atom. The van der Waals surface area contributed by atoms with Gasteiger partial charge in [-0.2, -0.15) is 0 Å². The van der Waals surface area contributed by atoms with Gasteiger partial charge in [0.2, 0.25) is 11.8 Å². The highest BCUT2D eigenvalue weighted by Gasteiger charge is 2.31. The first-order valence-electron chi connectivity index (χ1n) is 6.61. The molecule has 0 bridgehead atoms. The first-order chi connectivity index (χ1) is 8.70. The molecule has 19 heavy (non-hydrogen) atoms. The quantitative estimate of drug-likeness (QED) is 0.742. The number of hydrogen-bond donors (Lipinski definition) is 2. The van der Waals surface area contributed by atoms with Crippen LogP contribution in [0.5, 0.6) is 0 Å². The lowest BCUT2D eigenvalue weighted by atomic mass is 10.1. The van der Waals surface area contributed by atoms with E-state index in [1.165, 1.54) is 4.90 Å². The van der Waals surface area contributed by atoms with Gasteiger partial charge in [0.1, 0.15) is 6.04 Å². The summed E-state index contributed by atoms with van der Waals surface area (Å²) >= 11 is 0. The maximum atomic E-state index is 12.2. The van der Waals surface area contributed by atoms with Gasteiger partial charge in [0, 0.05) is 19.1 Å². The minimum atomic E-state index is -0.374. The van der Waals surface area contributed by atoms with Crippen LogP contribution >= 0.6 is 0 Å². The molecule has 1 rings (SSSR count). The number of carbonyl (C=O) groups is 2. The third-order valence-electron chi connectivity index (χ3n) is 2.85. The van der Waals surface area contributed by atoms with Crippen molar-refractivity contribution in [3.63, 3.8) is 0 Å². The number of likely N-dealkylation sites (N-methyl/N-ethyl adjacent to an activating group) is 1. The van der Waals surface area contributed by atoms with Crippen molar-refractivity contribution in [3.8, 4) is 0 Å².